The Morgan fingerprint density at radius 2 is 1.93 bits per heavy atom. The molecule has 0 bridgehead atoms. The minimum absolute atomic E-state index is 0.00218. The third kappa shape index (κ3) is 5.78. The highest BCUT2D eigenvalue weighted by Crippen LogP contribution is 2.16. The summed E-state index contributed by atoms with van der Waals surface area (Å²) in [5.74, 6) is 0.191. The van der Waals surface area contributed by atoms with Crippen molar-refractivity contribution in [3.05, 3.63) is 0 Å². The first-order valence-electron chi connectivity index (χ1n) is 5.77. The van der Waals surface area contributed by atoms with Crippen molar-refractivity contribution in [2.75, 3.05) is 20.1 Å². The number of hydrogen-bond acceptors (Lipinski definition) is 2. The third-order valence-electron chi connectivity index (χ3n) is 2.36. The van der Waals surface area contributed by atoms with Crippen LogP contribution in [0.15, 0.2) is 0 Å². The summed E-state index contributed by atoms with van der Waals surface area (Å²) in [7, 11) is 1.87. The Hall–Kier alpha value is -0.570. The van der Waals surface area contributed by atoms with Crippen LogP contribution >= 0.6 is 0 Å². The topological polar surface area (TPSA) is 46.3 Å². The quantitative estimate of drug-likeness (QED) is 0.759. The fourth-order valence-corrected chi connectivity index (χ4v) is 1.79. The summed E-state index contributed by atoms with van der Waals surface area (Å²) in [6.07, 6.45) is 1.90. The molecule has 15 heavy (non-hydrogen) atoms. The smallest absolute Gasteiger partial charge is 0.226 e. The lowest BCUT2D eigenvalue weighted by atomic mass is 9.95. The van der Waals surface area contributed by atoms with Gasteiger partial charge >= 0.3 is 0 Å². The lowest BCUT2D eigenvalue weighted by molar-refractivity contribution is -0.135. The summed E-state index contributed by atoms with van der Waals surface area (Å²) < 4.78 is 0. The first-order chi connectivity index (χ1) is 6.81. The number of nitrogens with two attached hydrogens (primary N) is 1. The van der Waals surface area contributed by atoms with Crippen LogP contribution in [-0.4, -0.2) is 30.9 Å². The molecule has 1 unspecified atom stereocenters. The lowest BCUT2D eigenvalue weighted by Crippen LogP contribution is -2.40. The van der Waals surface area contributed by atoms with Crippen LogP contribution in [0, 0.1) is 11.3 Å². The molecule has 0 spiro atoms. The molecule has 0 aromatic heterocycles. The SMILES string of the molecule is CCCC(CN)C(=O)N(C)CC(C)(C)C. The van der Waals surface area contributed by atoms with Crippen LogP contribution in [0.25, 0.3) is 0 Å². The molecule has 90 valence electrons. The van der Waals surface area contributed by atoms with Crippen molar-refractivity contribution in [1.29, 1.82) is 0 Å². The molecule has 2 N–H and O–H groups in total. The molecule has 3 heteroatoms. The average molecular weight is 214 g/mol. The zero-order valence-electron chi connectivity index (χ0n) is 10.8. The van der Waals surface area contributed by atoms with E-state index in [1.807, 2.05) is 11.9 Å². The normalized spacial score (nSPS) is 13.7. The first kappa shape index (κ1) is 14.4. The second kappa shape index (κ2) is 6.11. The molecular weight excluding hydrogens is 188 g/mol. The van der Waals surface area contributed by atoms with Gasteiger partial charge in [-0.3, -0.25) is 4.79 Å². The van der Waals surface area contributed by atoms with Crippen molar-refractivity contribution in [2.24, 2.45) is 17.1 Å². The van der Waals surface area contributed by atoms with Crippen LogP contribution in [0.1, 0.15) is 40.5 Å². The van der Waals surface area contributed by atoms with Gasteiger partial charge < -0.3 is 10.6 Å². The van der Waals surface area contributed by atoms with E-state index in [0.717, 1.165) is 19.4 Å². The van der Waals surface area contributed by atoms with Crippen LogP contribution in [0.2, 0.25) is 0 Å². The van der Waals surface area contributed by atoms with E-state index in [-0.39, 0.29) is 17.2 Å². The van der Waals surface area contributed by atoms with Gasteiger partial charge in [-0.25, -0.2) is 0 Å². The first-order valence-corrected chi connectivity index (χ1v) is 5.77. The fourth-order valence-electron chi connectivity index (χ4n) is 1.79. The molecule has 0 heterocycles. The number of amides is 1. The Morgan fingerprint density at radius 3 is 2.27 bits per heavy atom. The minimum atomic E-state index is 0.00218. The van der Waals surface area contributed by atoms with E-state index < -0.39 is 0 Å². The summed E-state index contributed by atoms with van der Waals surface area (Å²) in [5.41, 5.74) is 5.76. The van der Waals surface area contributed by atoms with Gasteiger partial charge in [0.05, 0.1) is 5.92 Å². The van der Waals surface area contributed by atoms with E-state index in [2.05, 4.69) is 27.7 Å². The van der Waals surface area contributed by atoms with Crippen molar-refractivity contribution in [3.8, 4) is 0 Å². The van der Waals surface area contributed by atoms with Gasteiger partial charge in [-0.05, 0) is 11.8 Å². The molecule has 0 fully saturated rings. The van der Waals surface area contributed by atoms with Crippen LogP contribution in [0.5, 0.6) is 0 Å². The maximum atomic E-state index is 12.0. The monoisotopic (exact) mass is 214 g/mol. The third-order valence-corrected chi connectivity index (χ3v) is 2.36. The molecule has 0 aliphatic carbocycles. The zero-order valence-corrected chi connectivity index (χ0v) is 10.8. The molecule has 0 rings (SSSR count). The fraction of sp³-hybridized carbons (Fsp3) is 0.917. The lowest BCUT2D eigenvalue weighted by Gasteiger charge is -2.29. The molecule has 0 aliphatic rings. The predicted octanol–water partition coefficient (Wildman–Crippen LogP) is 1.87. The Kier molecular flexibility index (Phi) is 5.88. The molecule has 0 saturated carbocycles. The Balaban J connectivity index is 4.28. The van der Waals surface area contributed by atoms with Crippen molar-refractivity contribution >= 4 is 5.91 Å². The Labute approximate surface area is 94.0 Å². The minimum Gasteiger partial charge on any atom is -0.345 e. The van der Waals surface area contributed by atoms with E-state index in [0.29, 0.717) is 6.54 Å². The number of rotatable bonds is 5. The maximum Gasteiger partial charge on any atom is 0.226 e. The van der Waals surface area contributed by atoms with Crippen molar-refractivity contribution in [2.45, 2.75) is 40.5 Å². The van der Waals surface area contributed by atoms with Gasteiger partial charge in [0.25, 0.3) is 0 Å². The van der Waals surface area contributed by atoms with Crippen LogP contribution in [0.3, 0.4) is 0 Å². The molecule has 0 saturated heterocycles. The molecule has 0 aliphatic heterocycles. The van der Waals surface area contributed by atoms with Gasteiger partial charge in [-0.1, -0.05) is 34.1 Å². The summed E-state index contributed by atoms with van der Waals surface area (Å²) in [4.78, 5) is 13.8. The van der Waals surface area contributed by atoms with Crippen LogP contribution in [0.4, 0.5) is 0 Å². The van der Waals surface area contributed by atoms with Gasteiger partial charge in [0.1, 0.15) is 0 Å². The summed E-state index contributed by atoms with van der Waals surface area (Å²) in [6, 6.07) is 0. The second-order valence-electron chi connectivity index (χ2n) is 5.48. The van der Waals surface area contributed by atoms with E-state index in [1.165, 1.54) is 0 Å². The number of carbonyl (C=O) groups excluding carboxylic acids is 1. The maximum absolute atomic E-state index is 12.0. The molecule has 3 nitrogen and oxygen atoms in total. The Bertz CT molecular complexity index is 196. The predicted molar refractivity (Wildman–Crippen MR) is 64.5 cm³/mol. The molecule has 0 aromatic carbocycles. The van der Waals surface area contributed by atoms with Crippen molar-refractivity contribution in [1.82, 2.24) is 4.90 Å². The van der Waals surface area contributed by atoms with E-state index >= 15 is 0 Å². The summed E-state index contributed by atoms with van der Waals surface area (Å²) >= 11 is 0. The van der Waals surface area contributed by atoms with Crippen molar-refractivity contribution < 1.29 is 4.79 Å². The second-order valence-corrected chi connectivity index (χ2v) is 5.48. The standard InChI is InChI=1S/C12H26N2O/c1-6-7-10(8-13)11(15)14(5)9-12(2,3)4/h10H,6-9,13H2,1-5H3. The molecule has 0 aromatic rings. The molecule has 1 atom stereocenters. The van der Waals surface area contributed by atoms with Crippen LogP contribution in [-0.2, 0) is 4.79 Å². The number of hydrogen-bond donors (Lipinski definition) is 1. The van der Waals surface area contributed by atoms with Crippen molar-refractivity contribution in [3.63, 3.8) is 0 Å². The molecule has 1 amide bonds. The molecular formula is C12H26N2O. The number of nitrogens with zero attached hydrogens (tertiary/aromatic N) is 1. The van der Waals surface area contributed by atoms with Gasteiger partial charge in [-0.2, -0.15) is 0 Å². The zero-order chi connectivity index (χ0) is 12.1. The number of carbonyl (C=O) groups is 1. The van der Waals surface area contributed by atoms with E-state index in [1.54, 1.807) is 0 Å². The van der Waals surface area contributed by atoms with E-state index in [9.17, 15) is 4.79 Å². The van der Waals surface area contributed by atoms with Gasteiger partial charge in [0.2, 0.25) is 5.91 Å². The van der Waals surface area contributed by atoms with E-state index in [4.69, 9.17) is 5.73 Å². The largest absolute Gasteiger partial charge is 0.345 e. The Morgan fingerprint density at radius 1 is 1.40 bits per heavy atom. The average Bonchev–Trinajstić information content (AvgIpc) is 2.10. The van der Waals surface area contributed by atoms with Gasteiger partial charge in [-0.15, -0.1) is 0 Å². The summed E-state index contributed by atoms with van der Waals surface area (Å²) in [6.45, 7) is 9.73. The van der Waals surface area contributed by atoms with Crippen LogP contribution < -0.4 is 5.73 Å². The van der Waals surface area contributed by atoms with Gasteiger partial charge in [0.15, 0.2) is 0 Å². The highest BCUT2D eigenvalue weighted by molar-refractivity contribution is 5.78. The summed E-state index contributed by atoms with van der Waals surface area (Å²) in [5, 5.41) is 0. The van der Waals surface area contributed by atoms with Gasteiger partial charge in [0, 0.05) is 20.1 Å². The molecule has 0 radical (unpaired) electrons. The highest BCUT2D eigenvalue weighted by atomic mass is 16.2. The highest BCUT2D eigenvalue weighted by Gasteiger charge is 2.23.